The molecule has 1 amide bonds. The molecule has 0 aliphatic heterocycles. The molecule has 6 heteroatoms. The molecule has 0 spiro atoms. The topological polar surface area (TPSA) is 85.4 Å². The van der Waals surface area contributed by atoms with Crippen LogP contribution in [0.2, 0.25) is 0 Å². The van der Waals surface area contributed by atoms with Crippen molar-refractivity contribution in [2.75, 3.05) is 14.1 Å². The number of nitrogens with one attached hydrogen (secondary N) is 2. The van der Waals surface area contributed by atoms with E-state index in [9.17, 15) is 14.7 Å². The van der Waals surface area contributed by atoms with Crippen molar-refractivity contribution >= 4 is 5.91 Å². The second-order valence-corrected chi connectivity index (χ2v) is 5.33. The fourth-order valence-electron chi connectivity index (χ4n) is 2.77. The van der Waals surface area contributed by atoms with E-state index in [1.807, 2.05) is 7.05 Å². The van der Waals surface area contributed by atoms with E-state index in [0.29, 0.717) is 6.04 Å². The Balaban J connectivity index is 2.07. The van der Waals surface area contributed by atoms with Crippen LogP contribution < -0.4 is 10.9 Å². The zero-order valence-corrected chi connectivity index (χ0v) is 11.8. The molecular weight excluding hydrogens is 258 g/mol. The largest absolute Gasteiger partial charge is 0.494 e. The Morgan fingerprint density at radius 1 is 1.35 bits per heavy atom. The van der Waals surface area contributed by atoms with E-state index in [1.165, 1.54) is 12.1 Å². The molecule has 2 rings (SSSR count). The average molecular weight is 279 g/mol. The van der Waals surface area contributed by atoms with Crippen molar-refractivity contribution in [3.8, 4) is 5.88 Å². The number of aromatic amines is 1. The quantitative estimate of drug-likeness (QED) is 0.759. The number of aromatic nitrogens is 1. The molecule has 1 saturated carbocycles. The number of pyridine rings is 1. The first-order valence-electron chi connectivity index (χ1n) is 6.89. The minimum absolute atomic E-state index is 0.188. The van der Waals surface area contributed by atoms with Crippen LogP contribution in [0.25, 0.3) is 0 Å². The Morgan fingerprint density at radius 2 is 2.00 bits per heavy atom. The Bertz CT molecular complexity index is 533. The van der Waals surface area contributed by atoms with Crippen molar-refractivity contribution in [1.82, 2.24) is 15.2 Å². The van der Waals surface area contributed by atoms with Crippen LogP contribution in [-0.2, 0) is 0 Å². The summed E-state index contributed by atoms with van der Waals surface area (Å²) in [5, 5.41) is 12.6. The molecule has 1 heterocycles. The van der Waals surface area contributed by atoms with Crippen molar-refractivity contribution in [2.24, 2.45) is 0 Å². The highest BCUT2D eigenvalue weighted by atomic mass is 16.3. The molecule has 1 aliphatic rings. The standard InChI is InChI=1S/C14H21N3O3/c1-15-10-3-5-11(6-4-10)17(2)14(20)9-7-12(18)16-13(19)8-9/h7-8,10-11,15H,3-6H2,1-2H3,(H2,16,18,19). The summed E-state index contributed by atoms with van der Waals surface area (Å²) in [6, 6.07) is 3.23. The minimum Gasteiger partial charge on any atom is -0.494 e. The molecule has 1 fully saturated rings. The normalized spacial score (nSPS) is 22.5. The van der Waals surface area contributed by atoms with E-state index in [0.717, 1.165) is 25.7 Å². The summed E-state index contributed by atoms with van der Waals surface area (Å²) in [6.07, 6.45) is 3.98. The molecule has 6 nitrogen and oxygen atoms in total. The second kappa shape index (κ2) is 6.09. The van der Waals surface area contributed by atoms with E-state index in [-0.39, 0.29) is 23.4 Å². The predicted molar refractivity (Wildman–Crippen MR) is 75.9 cm³/mol. The van der Waals surface area contributed by atoms with Gasteiger partial charge in [0, 0.05) is 31.3 Å². The zero-order valence-electron chi connectivity index (χ0n) is 11.8. The van der Waals surface area contributed by atoms with Crippen LogP contribution in [0.3, 0.4) is 0 Å². The zero-order chi connectivity index (χ0) is 14.7. The number of amides is 1. The molecule has 0 unspecified atom stereocenters. The monoisotopic (exact) mass is 279 g/mol. The molecule has 0 aromatic carbocycles. The van der Waals surface area contributed by atoms with Crippen molar-refractivity contribution < 1.29 is 9.90 Å². The van der Waals surface area contributed by atoms with Gasteiger partial charge in [0.15, 0.2) is 5.88 Å². The molecule has 0 bridgehead atoms. The first-order valence-corrected chi connectivity index (χ1v) is 6.89. The molecule has 20 heavy (non-hydrogen) atoms. The number of hydrogen-bond donors (Lipinski definition) is 3. The summed E-state index contributed by atoms with van der Waals surface area (Å²) in [5.74, 6) is -0.507. The molecule has 0 radical (unpaired) electrons. The fraction of sp³-hybridized carbons (Fsp3) is 0.571. The molecule has 3 N–H and O–H groups in total. The number of rotatable bonds is 3. The molecule has 1 aromatic rings. The maximum Gasteiger partial charge on any atom is 0.254 e. The number of carbonyl (C=O) groups excluding carboxylic acids is 1. The van der Waals surface area contributed by atoms with E-state index in [1.54, 1.807) is 11.9 Å². The SMILES string of the molecule is CNC1CCC(N(C)C(=O)c2cc(O)[nH]c(=O)c2)CC1. The van der Waals surface area contributed by atoms with Crippen molar-refractivity contribution in [2.45, 2.75) is 37.8 Å². The Kier molecular flexibility index (Phi) is 4.44. The third-order valence-electron chi connectivity index (χ3n) is 4.05. The Labute approximate surface area is 117 Å². The van der Waals surface area contributed by atoms with Gasteiger partial charge < -0.3 is 15.3 Å². The van der Waals surface area contributed by atoms with Crippen LogP contribution in [0.1, 0.15) is 36.0 Å². The first-order chi connectivity index (χ1) is 9.51. The molecule has 0 saturated heterocycles. The smallest absolute Gasteiger partial charge is 0.254 e. The Morgan fingerprint density at radius 3 is 2.55 bits per heavy atom. The van der Waals surface area contributed by atoms with Gasteiger partial charge in [0.1, 0.15) is 0 Å². The van der Waals surface area contributed by atoms with Gasteiger partial charge in [-0.15, -0.1) is 0 Å². The molecular formula is C14H21N3O3. The van der Waals surface area contributed by atoms with Crippen LogP contribution in [0.15, 0.2) is 16.9 Å². The van der Waals surface area contributed by atoms with E-state index in [4.69, 9.17) is 0 Å². The number of nitrogens with zero attached hydrogens (tertiary/aromatic N) is 1. The van der Waals surface area contributed by atoms with E-state index in [2.05, 4.69) is 10.3 Å². The summed E-state index contributed by atoms with van der Waals surface area (Å²) in [5.41, 5.74) is -0.245. The molecule has 110 valence electrons. The number of hydrogen-bond acceptors (Lipinski definition) is 4. The summed E-state index contributed by atoms with van der Waals surface area (Å²) in [7, 11) is 3.71. The molecule has 1 aromatic heterocycles. The van der Waals surface area contributed by atoms with E-state index < -0.39 is 5.56 Å². The highest BCUT2D eigenvalue weighted by Gasteiger charge is 2.26. The van der Waals surface area contributed by atoms with Crippen molar-refractivity contribution in [3.05, 3.63) is 28.0 Å². The lowest BCUT2D eigenvalue weighted by molar-refractivity contribution is 0.0685. The second-order valence-electron chi connectivity index (χ2n) is 5.33. The summed E-state index contributed by atoms with van der Waals surface area (Å²) >= 11 is 0. The molecule has 0 atom stereocenters. The third kappa shape index (κ3) is 3.19. The first kappa shape index (κ1) is 14.6. The minimum atomic E-state index is -0.472. The lowest BCUT2D eigenvalue weighted by atomic mass is 9.90. The van der Waals surface area contributed by atoms with Gasteiger partial charge in [0.05, 0.1) is 5.56 Å². The van der Waals surface area contributed by atoms with Crippen LogP contribution in [-0.4, -0.2) is 47.1 Å². The van der Waals surface area contributed by atoms with Gasteiger partial charge in [-0.25, -0.2) is 0 Å². The lowest BCUT2D eigenvalue weighted by Gasteiger charge is -2.34. The van der Waals surface area contributed by atoms with E-state index >= 15 is 0 Å². The van der Waals surface area contributed by atoms with Gasteiger partial charge in [-0.3, -0.25) is 14.6 Å². The highest BCUT2D eigenvalue weighted by molar-refractivity contribution is 5.94. The highest BCUT2D eigenvalue weighted by Crippen LogP contribution is 2.23. The summed E-state index contributed by atoms with van der Waals surface area (Å²) < 4.78 is 0. The van der Waals surface area contributed by atoms with Crippen LogP contribution in [0, 0.1) is 0 Å². The van der Waals surface area contributed by atoms with Gasteiger partial charge in [-0.1, -0.05) is 0 Å². The maximum absolute atomic E-state index is 12.3. The van der Waals surface area contributed by atoms with Crippen molar-refractivity contribution in [1.29, 1.82) is 0 Å². The van der Waals surface area contributed by atoms with Crippen LogP contribution in [0.5, 0.6) is 5.88 Å². The average Bonchev–Trinajstić information content (AvgIpc) is 2.45. The predicted octanol–water partition coefficient (Wildman–Crippen LogP) is 0.683. The van der Waals surface area contributed by atoms with Gasteiger partial charge in [-0.05, 0) is 32.7 Å². The number of carbonyl (C=O) groups is 1. The van der Waals surface area contributed by atoms with Gasteiger partial charge in [0.25, 0.3) is 11.5 Å². The van der Waals surface area contributed by atoms with Gasteiger partial charge >= 0.3 is 0 Å². The fourth-order valence-corrected chi connectivity index (χ4v) is 2.77. The third-order valence-corrected chi connectivity index (χ3v) is 4.05. The van der Waals surface area contributed by atoms with Gasteiger partial charge in [-0.2, -0.15) is 0 Å². The van der Waals surface area contributed by atoms with Crippen molar-refractivity contribution in [3.63, 3.8) is 0 Å². The number of aromatic hydroxyl groups is 1. The summed E-state index contributed by atoms with van der Waals surface area (Å²) in [4.78, 5) is 27.5. The van der Waals surface area contributed by atoms with Crippen LogP contribution >= 0.6 is 0 Å². The Hall–Kier alpha value is -1.82. The number of H-pyrrole nitrogens is 1. The maximum atomic E-state index is 12.3. The molecule has 1 aliphatic carbocycles. The van der Waals surface area contributed by atoms with Gasteiger partial charge in [0.2, 0.25) is 0 Å². The lowest BCUT2D eigenvalue weighted by Crippen LogP contribution is -2.42. The van der Waals surface area contributed by atoms with Crippen LogP contribution in [0.4, 0.5) is 0 Å². The summed E-state index contributed by atoms with van der Waals surface area (Å²) in [6.45, 7) is 0.